The molecule has 7 nitrogen and oxygen atoms in total. The van der Waals surface area contributed by atoms with Crippen LogP contribution in [-0.4, -0.2) is 35.1 Å². The molecule has 0 saturated heterocycles. The van der Waals surface area contributed by atoms with Gasteiger partial charge in [0.25, 0.3) is 0 Å². The van der Waals surface area contributed by atoms with Crippen LogP contribution in [0.5, 0.6) is 0 Å². The summed E-state index contributed by atoms with van der Waals surface area (Å²) in [6.45, 7) is 0. The average Bonchev–Trinajstić information content (AvgIpc) is 2.83. The number of rotatable bonds is 4. The predicted molar refractivity (Wildman–Crippen MR) is 88.8 cm³/mol. The maximum Gasteiger partial charge on any atom is 0.336 e. The van der Waals surface area contributed by atoms with Crippen molar-refractivity contribution < 1.29 is 19.5 Å². The van der Waals surface area contributed by atoms with Crippen molar-refractivity contribution in [1.82, 2.24) is 10.7 Å². The summed E-state index contributed by atoms with van der Waals surface area (Å²) in [6.07, 6.45) is 7.40. The number of hydrazone groups is 1. The fourth-order valence-corrected chi connectivity index (χ4v) is 2.69. The standard InChI is InChI=1S/C17H21N3O4/c21-15(19-13-8-3-1-2-4-9-13)16(22)20-18-11-12-7-5-6-10-14(12)17(23)24/h5-7,10-11,13H,1-4,8-9H2,(H,19,21)(H,20,22)(H,23,24)/b18-11+. The fourth-order valence-electron chi connectivity index (χ4n) is 2.69. The summed E-state index contributed by atoms with van der Waals surface area (Å²) in [5.74, 6) is -2.66. The minimum absolute atomic E-state index is 0.0301. The van der Waals surface area contributed by atoms with Gasteiger partial charge in [-0.2, -0.15) is 5.10 Å². The Morgan fingerprint density at radius 2 is 1.71 bits per heavy atom. The molecular formula is C17H21N3O4. The van der Waals surface area contributed by atoms with E-state index < -0.39 is 17.8 Å². The molecule has 0 spiro atoms. The van der Waals surface area contributed by atoms with Crippen LogP contribution in [0.2, 0.25) is 0 Å². The second kappa shape index (κ2) is 8.81. The summed E-state index contributed by atoms with van der Waals surface area (Å²) in [5, 5.41) is 15.4. The van der Waals surface area contributed by atoms with Gasteiger partial charge in [-0.05, 0) is 18.9 Å². The summed E-state index contributed by atoms with van der Waals surface area (Å²) in [5.41, 5.74) is 2.54. The highest BCUT2D eigenvalue weighted by molar-refractivity contribution is 6.35. The quantitative estimate of drug-likeness (QED) is 0.337. The minimum atomic E-state index is -1.09. The average molecular weight is 331 g/mol. The predicted octanol–water partition coefficient (Wildman–Crippen LogP) is 1.67. The van der Waals surface area contributed by atoms with E-state index in [2.05, 4.69) is 15.8 Å². The smallest absolute Gasteiger partial charge is 0.336 e. The Hall–Kier alpha value is -2.70. The molecule has 1 fully saturated rings. The van der Waals surface area contributed by atoms with Crippen LogP contribution >= 0.6 is 0 Å². The molecule has 0 unspecified atom stereocenters. The van der Waals surface area contributed by atoms with Crippen LogP contribution in [0.1, 0.15) is 54.4 Å². The van der Waals surface area contributed by atoms with Gasteiger partial charge in [0, 0.05) is 11.6 Å². The zero-order valence-corrected chi connectivity index (χ0v) is 13.3. The molecule has 1 aromatic carbocycles. The van der Waals surface area contributed by atoms with Gasteiger partial charge in [0.1, 0.15) is 0 Å². The first kappa shape index (κ1) is 17.7. The van der Waals surface area contributed by atoms with Gasteiger partial charge in [-0.1, -0.05) is 43.9 Å². The maximum absolute atomic E-state index is 11.8. The highest BCUT2D eigenvalue weighted by Crippen LogP contribution is 2.17. The number of carboxylic acid groups (broad SMARTS) is 1. The Bertz CT molecular complexity index is 634. The number of carboxylic acids is 1. The molecule has 0 heterocycles. The van der Waals surface area contributed by atoms with Crippen molar-refractivity contribution in [2.75, 3.05) is 0 Å². The Morgan fingerprint density at radius 1 is 1.04 bits per heavy atom. The van der Waals surface area contributed by atoms with Crippen LogP contribution in [-0.2, 0) is 9.59 Å². The van der Waals surface area contributed by atoms with E-state index in [-0.39, 0.29) is 11.6 Å². The van der Waals surface area contributed by atoms with Gasteiger partial charge in [0.2, 0.25) is 0 Å². The zero-order chi connectivity index (χ0) is 17.4. The van der Waals surface area contributed by atoms with Gasteiger partial charge in [0.15, 0.2) is 0 Å². The third kappa shape index (κ3) is 5.19. The number of carbonyl (C=O) groups is 3. The van der Waals surface area contributed by atoms with Gasteiger partial charge >= 0.3 is 17.8 Å². The highest BCUT2D eigenvalue weighted by atomic mass is 16.4. The zero-order valence-electron chi connectivity index (χ0n) is 13.3. The van der Waals surface area contributed by atoms with Crippen LogP contribution in [0.15, 0.2) is 29.4 Å². The van der Waals surface area contributed by atoms with E-state index in [0.717, 1.165) is 38.5 Å². The molecule has 24 heavy (non-hydrogen) atoms. The van der Waals surface area contributed by atoms with Crippen LogP contribution in [0, 0.1) is 0 Å². The van der Waals surface area contributed by atoms with E-state index in [4.69, 9.17) is 5.11 Å². The molecule has 2 amide bonds. The number of benzene rings is 1. The third-order valence-electron chi connectivity index (χ3n) is 3.96. The molecule has 2 rings (SSSR count). The molecule has 0 aliphatic heterocycles. The molecule has 1 aliphatic carbocycles. The Morgan fingerprint density at radius 3 is 2.38 bits per heavy atom. The van der Waals surface area contributed by atoms with Crippen molar-refractivity contribution >= 4 is 24.0 Å². The van der Waals surface area contributed by atoms with E-state index >= 15 is 0 Å². The van der Waals surface area contributed by atoms with Crippen molar-refractivity contribution in [2.45, 2.75) is 44.6 Å². The van der Waals surface area contributed by atoms with Crippen LogP contribution in [0.4, 0.5) is 0 Å². The second-order valence-corrected chi connectivity index (χ2v) is 5.75. The van der Waals surface area contributed by atoms with E-state index in [1.54, 1.807) is 18.2 Å². The number of nitrogens with zero attached hydrogens (tertiary/aromatic N) is 1. The molecule has 0 aromatic heterocycles. The monoisotopic (exact) mass is 331 g/mol. The SMILES string of the molecule is O=C(N/N=C/c1ccccc1C(=O)O)C(=O)NC1CCCCCC1. The van der Waals surface area contributed by atoms with Crippen molar-refractivity contribution in [3.8, 4) is 0 Å². The van der Waals surface area contributed by atoms with Gasteiger partial charge in [-0.25, -0.2) is 10.2 Å². The molecule has 0 atom stereocenters. The van der Waals surface area contributed by atoms with E-state index in [1.807, 2.05) is 0 Å². The lowest BCUT2D eigenvalue weighted by molar-refractivity contribution is -0.139. The number of hydrogen-bond acceptors (Lipinski definition) is 4. The number of aromatic carboxylic acids is 1. The topological polar surface area (TPSA) is 108 Å². The van der Waals surface area contributed by atoms with Gasteiger partial charge in [-0.15, -0.1) is 0 Å². The van der Waals surface area contributed by atoms with Gasteiger partial charge in [-0.3, -0.25) is 9.59 Å². The molecule has 1 saturated carbocycles. The van der Waals surface area contributed by atoms with Crippen LogP contribution in [0.3, 0.4) is 0 Å². The van der Waals surface area contributed by atoms with Crippen molar-refractivity contribution in [2.24, 2.45) is 5.10 Å². The number of hydrogen-bond donors (Lipinski definition) is 3. The molecule has 7 heteroatoms. The van der Waals surface area contributed by atoms with E-state index in [1.165, 1.54) is 12.3 Å². The number of nitrogens with one attached hydrogen (secondary N) is 2. The Labute approximate surface area is 140 Å². The second-order valence-electron chi connectivity index (χ2n) is 5.75. The first-order valence-electron chi connectivity index (χ1n) is 8.04. The molecule has 128 valence electrons. The normalized spacial score (nSPS) is 15.7. The summed E-state index contributed by atoms with van der Waals surface area (Å²) in [6, 6.07) is 6.28. The summed E-state index contributed by atoms with van der Waals surface area (Å²) in [7, 11) is 0. The van der Waals surface area contributed by atoms with Crippen LogP contribution in [0.25, 0.3) is 0 Å². The van der Waals surface area contributed by atoms with Crippen molar-refractivity contribution in [1.29, 1.82) is 0 Å². The number of carbonyl (C=O) groups excluding carboxylic acids is 2. The third-order valence-corrected chi connectivity index (χ3v) is 3.96. The van der Waals surface area contributed by atoms with Gasteiger partial charge < -0.3 is 10.4 Å². The van der Waals surface area contributed by atoms with Crippen molar-refractivity contribution in [3.63, 3.8) is 0 Å². The lowest BCUT2D eigenvalue weighted by atomic mass is 10.1. The maximum atomic E-state index is 11.8. The highest BCUT2D eigenvalue weighted by Gasteiger charge is 2.19. The van der Waals surface area contributed by atoms with E-state index in [9.17, 15) is 14.4 Å². The largest absolute Gasteiger partial charge is 0.478 e. The summed E-state index contributed by atoms with van der Waals surface area (Å²) in [4.78, 5) is 34.7. The fraction of sp³-hybridized carbons (Fsp3) is 0.412. The number of amides is 2. The molecule has 0 radical (unpaired) electrons. The molecule has 3 N–H and O–H groups in total. The van der Waals surface area contributed by atoms with Crippen molar-refractivity contribution in [3.05, 3.63) is 35.4 Å². The minimum Gasteiger partial charge on any atom is -0.478 e. The summed E-state index contributed by atoms with van der Waals surface area (Å²) < 4.78 is 0. The first-order chi connectivity index (χ1) is 11.6. The molecule has 1 aliphatic rings. The lowest BCUT2D eigenvalue weighted by Gasteiger charge is -2.15. The lowest BCUT2D eigenvalue weighted by Crippen LogP contribution is -2.43. The van der Waals surface area contributed by atoms with E-state index in [0.29, 0.717) is 5.56 Å². The van der Waals surface area contributed by atoms with Gasteiger partial charge in [0.05, 0.1) is 11.8 Å². The Kier molecular flexibility index (Phi) is 6.48. The molecular weight excluding hydrogens is 310 g/mol. The summed E-state index contributed by atoms with van der Waals surface area (Å²) >= 11 is 0. The first-order valence-corrected chi connectivity index (χ1v) is 8.04. The molecule has 1 aromatic rings. The Balaban J connectivity index is 1.88. The van der Waals surface area contributed by atoms with Crippen LogP contribution < -0.4 is 10.7 Å². The molecule has 0 bridgehead atoms.